The third kappa shape index (κ3) is 7.03. The van der Waals surface area contributed by atoms with Crippen molar-refractivity contribution in [2.24, 2.45) is 5.41 Å². The van der Waals surface area contributed by atoms with E-state index in [-0.39, 0.29) is 5.41 Å². The molecule has 0 aromatic carbocycles. The van der Waals surface area contributed by atoms with Gasteiger partial charge in [0.1, 0.15) is 0 Å². The number of hydrogen-bond acceptors (Lipinski definition) is 1. The van der Waals surface area contributed by atoms with Gasteiger partial charge in [0, 0.05) is 19.0 Å². The first-order chi connectivity index (χ1) is 8.35. The standard InChI is InChI=1S/C16H33NO/c1-7-10-12-17(14(9-3)11-8-2)15(18)13-16(4,5)6/h14H,7-13H2,1-6H3. The molecule has 0 aromatic rings. The van der Waals surface area contributed by atoms with E-state index in [0.29, 0.717) is 18.4 Å². The van der Waals surface area contributed by atoms with Crippen molar-refractivity contribution in [3.8, 4) is 0 Å². The van der Waals surface area contributed by atoms with Gasteiger partial charge >= 0.3 is 0 Å². The summed E-state index contributed by atoms with van der Waals surface area (Å²) in [6.07, 6.45) is 6.31. The molecule has 1 atom stereocenters. The summed E-state index contributed by atoms with van der Waals surface area (Å²) >= 11 is 0. The molecule has 18 heavy (non-hydrogen) atoms. The van der Waals surface area contributed by atoms with Gasteiger partial charge in [-0.25, -0.2) is 0 Å². The van der Waals surface area contributed by atoms with Crippen LogP contribution in [0.5, 0.6) is 0 Å². The number of amides is 1. The van der Waals surface area contributed by atoms with Gasteiger partial charge in [-0.15, -0.1) is 0 Å². The predicted octanol–water partition coefficient (Wildman–Crippen LogP) is 4.63. The Morgan fingerprint density at radius 1 is 1.11 bits per heavy atom. The molecule has 1 unspecified atom stereocenters. The Kier molecular flexibility index (Phi) is 8.30. The van der Waals surface area contributed by atoms with Crippen molar-refractivity contribution in [2.45, 2.75) is 86.1 Å². The molecule has 0 aliphatic carbocycles. The lowest BCUT2D eigenvalue weighted by Crippen LogP contribution is -2.42. The van der Waals surface area contributed by atoms with Crippen molar-refractivity contribution in [3.63, 3.8) is 0 Å². The highest BCUT2D eigenvalue weighted by Crippen LogP contribution is 2.22. The highest BCUT2D eigenvalue weighted by Gasteiger charge is 2.25. The first kappa shape index (κ1) is 17.5. The smallest absolute Gasteiger partial charge is 0.223 e. The van der Waals surface area contributed by atoms with Gasteiger partial charge in [-0.2, -0.15) is 0 Å². The van der Waals surface area contributed by atoms with E-state index < -0.39 is 0 Å². The lowest BCUT2D eigenvalue weighted by Gasteiger charge is -2.33. The predicted molar refractivity (Wildman–Crippen MR) is 79.7 cm³/mol. The largest absolute Gasteiger partial charge is 0.340 e. The molecule has 2 heteroatoms. The third-order valence-electron chi connectivity index (χ3n) is 3.29. The summed E-state index contributed by atoms with van der Waals surface area (Å²) < 4.78 is 0. The van der Waals surface area contributed by atoms with Crippen molar-refractivity contribution in [2.75, 3.05) is 6.54 Å². The topological polar surface area (TPSA) is 20.3 Å². The summed E-state index contributed by atoms with van der Waals surface area (Å²) in [5.74, 6) is 0.344. The molecule has 0 aromatic heterocycles. The molecule has 0 aliphatic heterocycles. The van der Waals surface area contributed by atoms with Crippen LogP contribution in [-0.2, 0) is 4.79 Å². The van der Waals surface area contributed by atoms with E-state index in [1.165, 1.54) is 0 Å². The second kappa shape index (κ2) is 8.55. The number of nitrogens with zero attached hydrogens (tertiary/aromatic N) is 1. The zero-order valence-corrected chi connectivity index (χ0v) is 13.4. The minimum atomic E-state index is 0.0893. The normalized spacial score (nSPS) is 13.4. The van der Waals surface area contributed by atoms with Gasteiger partial charge < -0.3 is 4.90 Å². The van der Waals surface area contributed by atoms with Crippen LogP contribution >= 0.6 is 0 Å². The highest BCUT2D eigenvalue weighted by molar-refractivity contribution is 5.77. The Morgan fingerprint density at radius 2 is 1.72 bits per heavy atom. The van der Waals surface area contributed by atoms with Gasteiger partial charge in [-0.05, 0) is 24.7 Å². The first-order valence-corrected chi connectivity index (χ1v) is 7.65. The molecule has 0 saturated carbocycles. The van der Waals surface area contributed by atoms with Crippen molar-refractivity contribution in [3.05, 3.63) is 0 Å². The number of hydrogen-bond donors (Lipinski definition) is 0. The zero-order chi connectivity index (χ0) is 14.2. The third-order valence-corrected chi connectivity index (χ3v) is 3.29. The van der Waals surface area contributed by atoms with E-state index in [4.69, 9.17) is 0 Å². The molecule has 1 amide bonds. The lowest BCUT2D eigenvalue weighted by atomic mass is 9.91. The number of unbranched alkanes of at least 4 members (excludes halogenated alkanes) is 1. The Bertz CT molecular complexity index is 230. The Balaban J connectivity index is 4.68. The van der Waals surface area contributed by atoms with Crippen LogP contribution in [0.3, 0.4) is 0 Å². The van der Waals surface area contributed by atoms with Crippen LogP contribution in [0.15, 0.2) is 0 Å². The van der Waals surface area contributed by atoms with Crippen LogP contribution in [0.4, 0.5) is 0 Å². The summed E-state index contributed by atoms with van der Waals surface area (Å²) in [6, 6.07) is 0.441. The Hall–Kier alpha value is -0.530. The maximum absolute atomic E-state index is 12.5. The van der Waals surface area contributed by atoms with Crippen molar-refractivity contribution < 1.29 is 4.79 Å². The molecule has 108 valence electrons. The Labute approximate surface area is 114 Å². The average Bonchev–Trinajstić information content (AvgIpc) is 2.25. The highest BCUT2D eigenvalue weighted by atomic mass is 16.2. The zero-order valence-electron chi connectivity index (χ0n) is 13.4. The minimum absolute atomic E-state index is 0.0893. The maximum Gasteiger partial charge on any atom is 0.223 e. The first-order valence-electron chi connectivity index (χ1n) is 7.65. The molecule has 0 bridgehead atoms. The summed E-state index contributed by atoms with van der Waals surface area (Å²) in [7, 11) is 0. The molecular weight excluding hydrogens is 222 g/mol. The number of rotatable bonds is 8. The van der Waals surface area contributed by atoms with Gasteiger partial charge in [-0.3, -0.25) is 4.79 Å². The number of carbonyl (C=O) groups excluding carboxylic acids is 1. The molecule has 0 spiro atoms. The second-order valence-corrected chi connectivity index (χ2v) is 6.53. The number of carbonyl (C=O) groups is 1. The van der Waals surface area contributed by atoms with Crippen LogP contribution in [0, 0.1) is 5.41 Å². The summed E-state index contributed by atoms with van der Waals surface area (Å²) in [4.78, 5) is 14.6. The van der Waals surface area contributed by atoms with Gasteiger partial charge in [-0.1, -0.05) is 54.4 Å². The fourth-order valence-corrected chi connectivity index (χ4v) is 2.31. The molecule has 0 fully saturated rings. The SMILES string of the molecule is CCCCN(C(=O)CC(C)(C)C)C(CC)CCC. The van der Waals surface area contributed by atoms with Gasteiger partial charge in [0.15, 0.2) is 0 Å². The molecule has 0 aliphatic rings. The summed E-state index contributed by atoms with van der Waals surface area (Å²) in [5, 5.41) is 0. The quantitative estimate of drug-likeness (QED) is 0.619. The van der Waals surface area contributed by atoms with Crippen molar-refractivity contribution in [1.29, 1.82) is 0 Å². The molecule has 0 N–H and O–H groups in total. The van der Waals surface area contributed by atoms with Crippen LogP contribution < -0.4 is 0 Å². The van der Waals surface area contributed by atoms with Crippen LogP contribution in [0.25, 0.3) is 0 Å². The molecular formula is C16H33NO. The summed E-state index contributed by atoms with van der Waals surface area (Å²) in [6.45, 7) is 14.0. The van der Waals surface area contributed by atoms with E-state index in [9.17, 15) is 4.79 Å². The maximum atomic E-state index is 12.5. The van der Waals surface area contributed by atoms with Crippen molar-refractivity contribution >= 4 is 5.91 Å². The van der Waals surface area contributed by atoms with Crippen LogP contribution in [-0.4, -0.2) is 23.4 Å². The fourth-order valence-electron chi connectivity index (χ4n) is 2.31. The van der Waals surface area contributed by atoms with Crippen molar-refractivity contribution in [1.82, 2.24) is 4.90 Å². The average molecular weight is 255 g/mol. The van der Waals surface area contributed by atoms with E-state index >= 15 is 0 Å². The molecule has 0 saturated heterocycles. The monoisotopic (exact) mass is 255 g/mol. The van der Waals surface area contributed by atoms with E-state index in [1.54, 1.807) is 0 Å². The lowest BCUT2D eigenvalue weighted by molar-refractivity contribution is -0.135. The second-order valence-electron chi connectivity index (χ2n) is 6.53. The minimum Gasteiger partial charge on any atom is -0.340 e. The van der Waals surface area contributed by atoms with E-state index in [0.717, 1.165) is 38.6 Å². The summed E-state index contributed by atoms with van der Waals surface area (Å²) in [5.41, 5.74) is 0.0893. The van der Waals surface area contributed by atoms with Gasteiger partial charge in [0.05, 0.1) is 0 Å². The molecule has 0 heterocycles. The van der Waals surface area contributed by atoms with Gasteiger partial charge in [0.25, 0.3) is 0 Å². The molecule has 0 radical (unpaired) electrons. The fraction of sp³-hybridized carbons (Fsp3) is 0.938. The van der Waals surface area contributed by atoms with E-state index in [1.807, 2.05) is 0 Å². The van der Waals surface area contributed by atoms with E-state index in [2.05, 4.69) is 46.4 Å². The molecule has 0 rings (SSSR count). The van der Waals surface area contributed by atoms with Crippen LogP contribution in [0.1, 0.15) is 80.1 Å². The Morgan fingerprint density at radius 3 is 2.11 bits per heavy atom. The molecule has 2 nitrogen and oxygen atoms in total. The van der Waals surface area contributed by atoms with Gasteiger partial charge in [0.2, 0.25) is 5.91 Å². The van der Waals surface area contributed by atoms with Crippen LogP contribution in [0.2, 0.25) is 0 Å².